The SMILES string of the molecule is C=N/C(N)=C(\C=C(/C)c1ccnc(NC(C)=O)c1)S(=O)(=O)Cc1ccccc1Cl. The number of carbonyl (C=O) groups excluding carboxylic acids is 1. The molecule has 29 heavy (non-hydrogen) atoms. The monoisotopic (exact) mass is 432 g/mol. The van der Waals surface area contributed by atoms with Crippen molar-refractivity contribution in [1.29, 1.82) is 0 Å². The van der Waals surface area contributed by atoms with Gasteiger partial charge in [-0.2, -0.15) is 0 Å². The van der Waals surface area contributed by atoms with Crippen LogP contribution in [0.15, 0.2) is 64.4 Å². The molecule has 1 aromatic carbocycles. The smallest absolute Gasteiger partial charge is 0.222 e. The first-order valence-electron chi connectivity index (χ1n) is 8.49. The van der Waals surface area contributed by atoms with Crippen molar-refractivity contribution in [2.45, 2.75) is 19.6 Å². The molecule has 2 aromatic rings. The van der Waals surface area contributed by atoms with Gasteiger partial charge in [0.25, 0.3) is 0 Å². The number of nitrogens with zero attached hydrogens (tertiary/aromatic N) is 2. The zero-order chi connectivity index (χ0) is 21.6. The molecule has 0 bridgehead atoms. The molecule has 0 saturated heterocycles. The summed E-state index contributed by atoms with van der Waals surface area (Å²) in [6, 6.07) is 9.99. The normalized spacial score (nSPS) is 12.9. The number of anilines is 1. The number of rotatable bonds is 7. The van der Waals surface area contributed by atoms with Gasteiger partial charge >= 0.3 is 0 Å². The van der Waals surface area contributed by atoms with Gasteiger partial charge in [0.05, 0.1) is 5.75 Å². The van der Waals surface area contributed by atoms with E-state index in [1.807, 2.05) is 0 Å². The van der Waals surface area contributed by atoms with Crippen LogP contribution in [0.25, 0.3) is 5.57 Å². The first-order chi connectivity index (χ1) is 13.6. The highest BCUT2D eigenvalue weighted by Crippen LogP contribution is 2.26. The molecule has 0 aliphatic rings. The van der Waals surface area contributed by atoms with Gasteiger partial charge in [0, 0.05) is 18.1 Å². The van der Waals surface area contributed by atoms with Crippen molar-refractivity contribution in [3.63, 3.8) is 0 Å². The molecule has 152 valence electrons. The first-order valence-corrected chi connectivity index (χ1v) is 10.5. The lowest BCUT2D eigenvalue weighted by molar-refractivity contribution is -0.114. The number of nitrogens with two attached hydrogens (primary N) is 1. The van der Waals surface area contributed by atoms with Gasteiger partial charge in [-0.05, 0) is 54.6 Å². The number of hydrogen-bond acceptors (Lipinski definition) is 6. The summed E-state index contributed by atoms with van der Waals surface area (Å²) in [6.07, 6.45) is 2.93. The van der Waals surface area contributed by atoms with Crippen molar-refractivity contribution in [2.75, 3.05) is 5.32 Å². The predicted octanol–water partition coefficient (Wildman–Crippen LogP) is 3.54. The number of aromatic nitrogens is 1. The summed E-state index contributed by atoms with van der Waals surface area (Å²) in [5.74, 6) is -0.468. The average molecular weight is 433 g/mol. The summed E-state index contributed by atoms with van der Waals surface area (Å²) in [5, 5.41) is 2.92. The van der Waals surface area contributed by atoms with E-state index in [9.17, 15) is 13.2 Å². The van der Waals surface area contributed by atoms with Crippen LogP contribution in [0.4, 0.5) is 5.82 Å². The fourth-order valence-electron chi connectivity index (χ4n) is 2.50. The second-order valence-electron chi connectivity index (χ2n) is 6.20. The molecular formula is C20H21ClN4O3S. The Balaban J connectivity index is 2.47. The molecule has 1 amide bonds. The Morgan fingerprint density at radius 1 is 1.31 bits per heavy atom. The molecule has 0 radical (unpaired) electrons. The van der Waals surface area contributed by atoms with Gasteiger partial charge < -0.3 is 11.1 Å². The molecule has 3 N–H and O–H groups in total. The second-order valence-corrected chi connectivity index (χ2v) is 8.56. The number of hydrogen-bond donors (Lipinski definition) is 2. The van der Waals surface area contributed by atoms with Crippen LogP contribution in [0.3, 0.4) is 0 Å². The van der Waals surface area contributed by atoms with Gasteiger partial charge in [-0.1, -0.05) is 29.8 Å². The predicted molar refractivity (Wildman–Crippen MR) is 117 cm³/mol. The molecule has 0 aliphatic heterocycles. The van der Waals surface area contributed by atoms with Crippen LogP contribution in [-0.2, 0) is 20.4 Å². The van der Waals surface area contributed by atoms with E-state index in [4.69, 9.17) is 17.3 Å². The number of aliphatic imine (C=N–C) groups is 1. The summed E-state index contributed by atoms with van der Waals surface area (Å²) in [4.78, 5) is 18.7. The van der Waals surface area contributed by atoms with Crippen LogP contribution in [0.1, 0.15) is 25.0 Å². The van der Waals surface area contributed by atoms with Crippen LogP contribution in [0.2, 0.25) is 5.02 Å². The maximum atomic E-state index is 13.0. The minimum Gasteiger partial charge on any atom is -0.383 e. The van der Waals surface area contributed by atoms with Gasteiger partial charge in [0.15, 0.2) is 9.84 Å². The van der Waals surface area contributed by atoms with Gasteiger partial charge in [-0.25, -0.2) is 18.4 Å². The molecule has 7 nitrogen and oxygen atoms in total. The van der Waals surface area contributed by atoms with Crippen molar-refractivity contribution >= 4 is 45.5 Å². The number of halogens is 1. The van der Waals surface area contributed by atoms with Crippen molar-refractivity contribution in [3.8, 4) is 0 Å². The Morgan fingerprint density at radius 3 is 2.62 bits per heavy atom. The van der Waals surface area contributed by atoms with E-state index in [0.717, 1.165) is 0 Å². The zero-order valence-corrected chi connectivity index (χ0v) is 17.6. The van der Waals surface area contributed by atoms with Crippen molar-refractivity contribution in [1.82, 2.24) is 4.98 Å². The van der Waals surface area contributed by atoms with E-state index in [0.29, 0.717) is 27.5 Å². The summed E-state index contributed by atoms with van der Waals surface area (Å²) >= 11 is 6.10. The van der Waals surface area contributed by atoms with Crippen LogP contribution >= 0.6 is 11.6 Å². The molecule has 0 atom stereocenters. The summed E-state index contributed by atoms with van der Waals surface area (Å²) in [6.45, 7) is 6.42. The number of carbonyl (C=O) groups is 1. The molecule has 0 fully saturated rings. The fraction of sp³-hybridized carbons (Fsp3) is 0.150. The number of pyridine rings is 1. The lowest BCUT2D eigenvalue weighted by Crippen LogP contribution is -2.12. The van der Waals surface area contributed by atoms with Gasteiger partial charge in [-0.3, -0.25) is 4.79 Å². The second kappa shape index (κ2) is 9.49. The van der Waals surface area contributed by atoms with Crippen molar-refractivity contribution in [2.24, 2.45) is 10.7 Å². The largest absolute Gasteiger partial charge is 0.383 e. The Kier molecular flexibility index (Phi) is 7.30. The lowest BCUT2D eigenvalue weighted by Gasteiger charge is -2.11. The van der Waals surface area contributed by atoms with E-state index < -0.39 is 9.84 Å². The minimum atomic E-state index is -3.87. The quantitative estimate of drug-likeness (QED) is 0.513. The molecule has 1 aromatic heterocycles. The Labute approximate surface area is 174 Å². The molecule has 0 unspecified atom stereocenters. The summed E-state index contributed by atoms with van der Waals surface area (Å²) in [5.41, 5.74) is 7.54. The third kappa shape index (κ3) is 6.00. The van der Waals surface area contributed by atoms with Gasteiger partial charge in [0.1, 0.15) is 16.5 Å². The van der Waals surface area contributed by atoms with Gasteiger partial charge in [0.2, 0.25) is 5.91 Å². The highest BCUT2D eigenvalue weighted by molar-refractivity contribution is 7.94. The molecule has 9 heteroatoms. The lowest BCUT2D eigenvalue weighted by atomic mass is 10.1. The van der Waals surface area contributed by atoms with Crippen LogP contribution in [0.5, 0.6) is 0 Å². The summed E-state index contributed by atoms with van der Waals surface area (Å²) in [7, 11) is -3.87. The number of benzene rings is 1. The Hall–Kier alpha value is -2.97. The van der Waals surface area contributed by atoms with Crippen molar-refractivity contribution < 1.29 is 13.2 Å². The highest BCUT2D eigenvalue weighted by Gasteiger charge is 2.22. The maximum Gasteiger partial charge on any atom is 0.222 e. The van der Waals surface area contributed by atoms with E-state index in [2.05, 4.69) is 22.0 Å². The minimum absolute atomic E-state index is 0.164. The third-order valence-corrected chi connectivity index (χ3v) is 5.99. The first kappa shape index (κ1) is 22.3. The third-order valence-electron chi connectivity index (χ3n) is 3.93. The van der Waals surface area contributed by atoms with Gasteiger partial charge in [-0.15, -0.1) is 0 Å². The number of nitrogens with one attached hydrogen (secondary N) is 1. The topological polar surface area (TPSA) is 115 Å². The summed E-state index contributed by atoms with van der Waals surface area (Å²) < 4.78 is 26.1. The number of sulfone groups is 1. The molecule has 2 rings (SSSR count). The zero-order valence-electron chi connectivity index (χ0n) is 16.0. The van der Waals surface area contributed by atoms with E-state index in [1.165, 1.54) is 19.2 Å². The molecular weight excluding hydrogens is 412 g/mol. The van der Waals surface area contributed by atoms with Crippen LogP contribution < -0.4 is 11.1 Å². The standard InChI is InChI=1S/C20H21ClN4O3S/c1-13(15-8-9-24-19(11-15)25-14(2)26)10-18(20(22)23-3)29(27,28)12-16-6-4-5-7-17(16)21/h4-11H,3,12,22H2,1-2H3,(H,24,25,26)/b13-10+,20-18+. The number of amides is 1. The van der Waals surface area contributed by atoms with Crippen molar-refractivity contribution in [3.05, 3.63) is 75.5 Å². The van der Waals surface area contributed by atoms with Crippen LogP contribution in [0, 0.1) is 0 Å². The Bertz CT molecular complexity index is 1110. The van der Waals surface area contributed by atoms with E-state index >= 15 is 0 Å². The van der Waals surface area contributed by atoms with E-state index in [-0.39, 0.29) is 22.4 Å². The maximum absolute atomic E-state index is 13.0. The van der Waals surface area contributed by atoms with E-state index in [1.54, 1.807) is 43.3 Å². The Morgan fingerprint density at radius 2 is 2.00 bits per heavy atom. The number of allylic oxidation sites excluding steroid dienone is 2. The molecule has 0 aliphatic carbocycles. The molecule has 1 heterocycles. The molecule has 0 saturated carbocycles. The van der Waals surface area contributed by atoms with Crippen LogP contribution in [-0.4, -0.2) is 26.0 Å². The average Bonchev–Trinajstić information content (AvgIpc) is 2.66. The fourth-order valence-corrected chi connectivity index (χ4v) is 4.34. The molecule has 0 spiro atoms. The highest BCUT2D eigenvalue weighted by atomic mass is 35.5.